The van der Waals surface area contributed by atoms with Crippen molar-refractivity contribution in [3.8, 4) is 0 Å². The Bertz CT molecular complexity index is 644. The molecule has 0 atom stereocenters. The summed E-state index contributed by atoms with van der Waals surface area (Å²) in [5.74, 6) is -0.283. The quantitative estimate of drug-likeness (QED) is 0.848. The average Bonchev–Trinajstić information content (AvgIpc) is 2.35. The molecule has 2 N–H and O–H groups in total. The molecule has 0 saturated carbocycles. The van der Waals surface area contributed by atoms with Crippen LogP contribution in [0.2, 0.25) is 0 Å². The van der Waals surface area contributed by atoms with E-state index in [1.165, 1.54) is 6.20 Å². The molecule has 0 spiro atoms. The number of pyridine rings is 1. The lowest BCUT2D eigenvalue weighted by molar-refractivity contribution is 0.102. The number of carbonyl (C=O) groups excluding carboxylic acids is 1. The number of benzene rings is 1. The third-order valence-corrected chi connectivity index (χ3v) is 2.84. The first-order chi connectivity index (χ1) is 8.58. The molecule has 0 unspecified atom stereocenters. The third-order valence-electron chi connectivity index (χ3n) is 2.84. The van der Waals surface area contributed by atoms with Gasteiger partial charge in [-0.25, -0.2) is 0 Å². The first kappa shape index (κ1) is 12.1. The minimum Gasteiger partial charge on any atom is -0.327 e. The summed E-state index contributed by atoms with van der Waals surface area (Å²) in [6.45, 7) is 3.93. The summed E-state index contributed by atoms with van der Waals surface area (Å²) in [6, 6.07) is 8.67. The number of nitrogens with one attached hydrogen (secondary N) is 2. The second kappa shape index (κ2) is 4.87. The summed E-state index contributed by atoms with van der Waals surface area (Å²) in [6.07, 6.45) is 1.52. The fourth-order valence-electron chi connectivity index (χ4n) is 1.60. The summed E-state index contributed by atoms with van der Waals surface area (Å²) in [5.41, 5.74) is 2.66. The fourth-order valence-corrected chi connectivity index (χ4v) is 1.60. The van der Waals surface area contributed by atoms with E-state index >= 15 is 0 Å². The average molecular weight is 242 g/mol. The third kappa shape index (κ3) is 2.48. The maximum absolute atomic E-state index is 12.0. The Labute approximate surface area is 105 Å². The molecule has 4 nitrogen and oxygen atoms in total. The van der Waals surface area contributed by atoms with E-state index in [9.17, 15) is 9.59 Å². The van der Waals surface area contributed by atoms with Crippen molar-refractivity contribution < 1.29 is 4.79 Å². The molecule has 2 rings (SSSR count). The van der Waals surface area contributed by atoms with Gasteiger partial charge in [-0.1, -0.05) is 6.07 Å². The summed E-state index contributed by atoms with van der Waals surface area (Å²) < 4.78 is 0. The first-order valence-electron chi connectivity index (χ1n) is 5.64. The van der Waals surface area contributed by atoms with E-state index in [4.69, 9.17) is 0 Å². The van der Waals surface area contributed by atoms with Gasteiger partial charge in [-0.3, -0.25) is 9.59 Å². The molecule has 92 valence electrons. The number of aromatic amines is 1. The molecule has 0 radical (unpaired) electrons. The van der Waals surface area contributed by atoms with Crippen LogP contribution in [0.3, 0.4) is 0 Å². The zero-order valence-electron chi connectivity index (χ0n) is 10.3. The molecular weight excluding hydrogens is 228 g/mol. The van der Waals surface area contributed by atoms with Crippen molar-refractivity contribution in [2.45, 2.75) is 13.8 Å². The molecule has 0 aliphatic carbocycles. The number of hydrogen-bond donors (Lipinski definition) is 2. The lowest BCUT2D eigenvalue weighted by Crippen LogP contribution is -2.19. The van der Waals surface area contributed by atoms with Gasteiger partial charge in [0.15, 0.2) is 0 Å². The topological polar surface area (TPSA) is 62.0 Å². The largest absolute Gasteiger partial charge is 0.327 e. The smallest absolute Gasteiger partial charge is 0.271 e. The Kier molecular flexibility index (Phi) is 3.28. The Morgan fingerprint density at radius 1 is 1.17 bits per heavy atom. The Hall–Kier alpha value is -2.36. The minimum absolute atomic E-state index is 0.251. The van der Waals surface area contributed by atoms with Gasteiger partial charge in [0, 0.05) is 11.8 Å². The Morgan fingerprint density at radius 2 is 1.94 bits per heavy atom. The van der Waals surface area contributed by atoms with Crippen molar-refractivity contribution in [3.63, 3.8) is 0 Å². The van der Waals surface area contributed by atoms with Gasteiger partial charge in [0.05, 0.1) is 0 Å². The van der Waals surface area contributed by atoms with Gasteiger partial charge in [0.2, 0.25) is 0 Å². The normalized spacial score (nSPS) is 10.1. The second-order valence-corrected chi connectivity index (χ2v) is 4.17. The van der Waals surface area contributed by atoms with E-state index in [1.54, 1.807) is 18.2 Å². The molecule has 0 aliphatic rings. The van der Waals surface area contributed by atoms with Crippen LogP contribution in [0, 0.1) is 13.8 Å². The zero-order valence-corrected chi connectivity index (χ0v) is 10.3. The van der Waals surface area contributed by atoms with Crippen molar-refractivity contribution in [2.75, 3.05) is 5.32 Å². The first-order valence-corrected chi connectivity index (χ1v) is 5.64. The summed E-state index contributed by atoms with van der Waals surface area (Å²) in [5, 5.41) is 2.59. The lowest BCUT2D eigenvalue weighted by Gasteiger charge is -2.06. The molecule has 1 aromatic carbocycles. The molecule has 0 bridgehead atoms. The van der Waals surface area contributed by atoms with E-state index < -0.39 is 0 Å². The molecule has 0 saturated heterocycles. The number of hydrogen-bond acceptors (Lipinski definition) is 2. The van der Waals surface area contributed by atoms with Crippen molar-refractivity contribution in [1.29, 1.82) is 0 Å². The predicted octanol–water partition coefficient (Wildman–Crippen LogP) is 2.24. The summed E-state index contributed by atoms with van der Waals surface area (Å²) in [7, 11) is 0. The zero-order chi connectivity index (χ0) is 13.1. The SMILES string of the molecule is Cc1ccc(C(=O)Nc2ccc[nH]c2=O)cc1C. The maximum atomic E-state index is 12.0. The van der Waals surface area contributed by atoms with Crippen LogP contribution in [0.5, 0.6) is 0 Å². The monoisotopic (exact) mass is 242 g/mol. The molecule has 4 heteroatoms. The molecule has 18 heavy (non-hydrogen) atoms. The number of rotatable bonds is 2. The predicted molar refractivity (Wildman–Crippen MR) is 70.9 cm³/mol. The van der Waals surface area contributed by atoms with E-state index in [0.29, 0.717) is 5.56 Å². The Morgan fingerprint density at radius 3 is 2.61 bits per heavy atom. The molecule has 1 aromatic heterocycles. The van der Waals surface area contributed by atoms with E-state index in [1.807, 2.05) is 26.0 Å². The van der Waals surface area contributed by atoms with Crippen LogP contribution in [0.4, 0.5) is 5.69 Å². The summed E-state index contributed by atoms with van der Waals surface area (Å²) in [4.78, 5) is 25.9. The molecular formula is C14H14N2O2. The highest BCUT2D eigenvalue weighted by atomic mass is 16.2. The van der Waals surface area contributed by atoms with Crippen LogP contribution in [0.25, 0.3) is 0 Å². The van der Waals surface area contributed by atoms with Crippen LogP contribution < -0.4 is 10.9 Å². The number of H-pyrrole nitrogens is 1. The number of anilines is 1. The van der Waals surface area contributed by atoms with E-state index in [-0.39, 0.29) is 17.2 Å². The fraction of sp³-hybridized carbons (Fsp3) is 0.143. The highest BCUT2D eigenvalue weighted by Crippen LogP contribution is 2.11. The van der Waals surface area contributed by atoms with Crippen molar-refractivity contribution >= 4 is 11.6 Å². The van der Waals surface area contributed by atoms with Gasteiger partial charge in [-0.05, 0) is 49.2 Å². The number of aryl methyl sites for hydroxylation is 2. The highest BCUT2D eigenvalue weighted by molar-refractivity contribution is 6.04. The number of carbonyl (C=O) groups is 1. The van der Waals surface area contributed by atoms with Gasteiger partial charge in [0.1, 0.15) is 5.69 Å². The minimum atomic E-state index is -0.310. The summed E-state index contributed by atoms with van der Waals surface area (Å²) >= 11 is 0. The van der Waals surface area contributed by atoms with Gasteiger partial charge in [0.25, 0.3) is 11.5 Å². The highest BCUT2D eigenvalue weighted by Gasteiger charge is 2.08. The Balaban J connectivity index is 2.25. The van der Waals surface area contributed by atoms with E-state index in [0.717, 1.165) is 11.1 Å². The lowest BCUT2D eigenvalue weighted by atomic mass is 10.1. The van der Waals surface area contributed by atoms with Crippen LogP contribution >= 0.6 is 0 Å². The van der Waals surface area contributed by atoms with Crippen molar-refractivity contribution in [1.82, 2.24) is 4.98 Å². The van der Waals surface area contributed by atoms with Crippen LogP contribution in [0.15, 0.2) is 41.3 Å². The van der Waals surface area contributed by atoms with Crippen LogP contribution in [0.1, 0.15) is 21.5 Å². The molecule has 0 aliphatic heterocycles. The van der Waals surface area contributed by atoms with Gasteiger partial charge < -0.3 is 10.3 Å². The van der Waals surface area contributed by atoms with Crippen molar-refractivity contribution in [3.05, 3.63) is 63.6 Å². The molecule has 1 heterocycles. The maximum Gasteiger partial charge on any atom is 0.271 e. The number of aromatic nitrogens is 1. The van der Waals surface area contributed by atoms with Crippen LogP contribution in [-0.4, -0.2) is 10.9 Å². The number of amides is 1. The molecule has 0 fully saturated rings. The van der Waals surface area contributed by atoms with Crippen molar-refractivity contribution in [2.24, 2.45) is 0 Å². The van der Waals surface area contributed by atoms with E-state index in [2.05, 4.69) is 10.3 Å². The second-order valence-electron chi connectivity index (χ2n) is 4.17. The van der Waals surface area contributed by atoms with Gasteiger partial charge in [-0.15, -0.1) is 0 Å². The van der Waals surface area contributed by atoms with Crippen LogP contribution in [-0.2, 0) is 0 Å². The van der Waals surface area contributed by atoms with Gasteiger partial charge >= 0.3 is 0 Å². The van der Waals surface area contributed by atoms with Gasteiger partial charge in [-0.2, -0.15) is 0 Å². The molecule has 1 amide bonds. The standard InChI is InChI=1S/C14H14N2O2/c1-9-5-6-11(8-10(9)2)13(17)16-12-4-3-7-15-14(12)18/h3-8H,1-2H3,(H,15,18)(H,16,17). The molecule has 2 aromatic rings.